The Hall–Kier alpha value is -0.370. The molecule has 0 aliphatic heterocycles. The molecule has 0 bridgehead atoms. The number of aromatic nitrogens is 1. The van der Waals surface area contributed by atoms with Crippen LogP contribution in [0.5, 0.6) is 0 Å². The Balaban J connectivity index is 3.10. The summed E-state index contributed by atoms with van der Waals surface area (Å²) in [5.41, 5.74) is -0.539. The maximum Gasteiger partial charge on any atom is 0.417 e. The summed E-state index contributed by atoms with van der Waals surface area (Å²) in [6, 6.07) is 0.957. The molecule has 0 radical (unpaired) electrons. The molecule has 72 valence electrons. The molecule has 0 aromatic carbocycles. The van der Waals surface area contributed by atoms with Gasteiger partial charge in [0.15, 0.2) is 0 Å². The van der Waals surface area contributed by atoms with E-state index in [1.165, 1.54) is 0 Å². The highest BCUT2D eigenvalue weighted by molar-refractivity contribution is 14.1. The molecule has 0 saturated heterocycles. The van der Waals surface area contributed by atoms with Crippen molar-refractivity contribution in [1.29, 1.82) is 0 Å². The second kappa shape index (κ2) is 3.79. The number of hydrogen-bond donors (Lipinski definition) is 1. The van der Waals surface area contributed by atoms with Crippen LogP contribution in [0.2, 0.25) is 0 Å². The van der Waals surface area contributed by atoms with Crippen molar-refractivity contribution in [3.8, 4) is 0 Å². The van der Waals surface area contributed by atoms with E-state index in [-0.39, 0.29) is 12.3 Å². The van der Waals surface area contributed by atoms with Crippen molar-refractivity contribution >= 4 is 22.6 Å². The maximum atomic E-state index is 12.1. The summed E-state index contributed by atoms with van der Waals surface area (Å²) in [6.07, 6.45) is -3.66. The lowest BCUT2D eigenvalue weighted by Gasteiger charge is -2.07. The zero-order valence-electron chi connectivity index (χ0n) is 6.27. The molecule has 0 amide bonds. The summed E-state index contributed by atoms with van der Waals surface area (Å²) in [4.78, 5) is 3.49. The maximum absolute atomic E-state index is 12.1. The van der Waals surface area contributed by atoms with E-state index in [9.17, 15) is 13.2 Å². The van der Waals surface area contributed by atoms with Gasteiger partial charge < -0.3 is 5.11 Å². The highest BCUT2D eigenvalue weighted by Gasteiger charge is 2.31. The van der Waals surface area contributed by atoms with Crippen LogP contribution in [0.25, 0.3) is 0 Å². The van der Waals surface area contributed by atoms with Crippen LogP contribution in [0.4, 0.5) is 13.2 Å². The summed E-state index contributed by atoms with van der Waals surface area (Å²) >= 11 is 1.70. The van der Waals surface area contributed by atoms with Crippen molar-refractivity contribution in [1.82, 2.24) is 4.98 Å². The molecule has 0 fully saturated rings. The number of hydrogen-bond acceptors (Lipinski definition) is 2. The smallest absolute Gasteiger partial charge is 0.390 e. The Labute approximate surface area is 85.9 Å². The number of aliphatic hydroxyl groups is 1. The number of aliphatic hydroxyl groups excluding tert-OH is 1. The number of pyridine rings is 1. The minimum Gasteiger partial charge on any atom is -0.390 e. The first-order valence-electron chi connectivity index (χ1n) is 3.27. The zero-order valence-corrected chi connectivity index (χ0v) is 8.43. The van der Waals surface area contributed by atoms with Gasteiger partial charge in [-0.25, -0.2) is 0 Å². The van der Waals surface area contributed by atoms with E-state index in [0.717, 1.165) is 6.07 Å². The minimum atomic E-state index is -4.37. The molecular formula is C7H5F3INO. The molecule has 13 heavy (non-hydrogen) atoms. The van der Waals surface area contributed by atoms with Crippen molar-refractivity contribution in [2.24, 2.45) is 0 Å². The fraction of sp³-hybridized carbons (Fsp3) is 0.286. The fourth-order valence-corrected chi connectivity index (χ4v) is 1.38. The first-order valence-corrected chi connectivity index (χ1v) is 4.35. The van der Waals surface area contributed by atoms with Gasteiger partial charge in [0.1, 0.15) is 0 Å². The Kier molecular flexibility index (Phi) is 3.12. The van der Waals surface area contributed by atoms with E-state index < -0.39 is 11.7 Å². The molecule has 1 heterocycles. The number of halogens is 4. The third kappa shape index (κ3) is 2.53. The van der Waals surface area contributed by atoms with Crippen LogP contribution in [0.1, 0.15) is 11.3 Å². The van der Waals surface area contributed by atoms with E-state index in [0.29, 0.717) is 9.77 Å². The molecule has 1 aromatic rings. The molecule has 1 N–H and O–H groups in total. The van der Waals surface area contributed by atoms with E-state index in [1.807, 2.05) is 0 Å². The standard InChI is InChI=1S/C7H5F3INO/c8-7(9,10)4-1-5(11)6(3-13)12-2-4/h1-2,13H,3H2. The van der Waals surface area contributed by atoms with Crippen LogP contribution in [0, 0.1) is 3.57 Å². The second-order valence-electron chi connectivity index (χ2n) is 2.31. The third-order valence-corrected chi connectivity index (χ3v) is 2.33. The highest BCUT2D eigenvalue weighted by atomic mass is 127. The molecule has 2 nitrogen and oxygen atoms in total. The summed E-state index contributed by atoms with van der Waals surface area (Å²) < 4.78 is 36.6. The molecule has 0 spiro atoms. The number of rotatable bonds is 1. The van der Waals surface area contributed by atoms with Gasteiger partial charge in [0.25, 0.3) is 0 Å². The average molecular weight is 303 g/mol. The summed E-state index contributed by atoms with van der Waals surface area (Å²) in [5.74, 6) is 0. The van der Waals surface area contributed by atoms with Crippen LogP contribution in [0.15, 0.2) is 12.3 Å². The predicted octanol–water partition coefficient (Wildman–Crippen LogP) is 2.20. The van der Waals surface area contributed by atoms with Crippen LogP contribution < -0.4 is 0 Å². The second-order valence-corrected chi connectivity index (χ2v) is 3.47. The Morgan fingerprint density at radius 3 is 2.46 bits per heavy atom. The lowest BCUT2D eigenvalue weighted by Crippen LogP contribution is -2.07. The van der Waals surface area contributed by atoms with Gasteiger partial charge >= 0.3 is 6.18 Å². The van der Waals surface area contributed by atoms with Gasteiger partial charge in [-0.05, 0) is 28.7 Å². The lowest BCUT2D eigenvalue weighted by atomic mass is 10.2. The molecule has 0 unspecified atom stereocenters. The van der Waals surface area contributed by atoms with Crippen molar-refractivity contribution in [3.63, 3.8) is 0 Å². The number of nitrogens with zero attached hydrogens (tertiary/aromatic N) is 1. The summed E-state index contributed by atoms with van der Waals surface area (Å²) in [6.45, 7) is -0.351. The summed E-state index contributed by atoms with van der Waals surface area (Å²) in [5, 5.41) is 8.66. The van der Waals surface area contributed by atoms with E-state index in [4.69, 9.17) is 5.11 Å². The van der Waals surface area contributed by atoms with E-state index in [2.05, 4.69) is 4.98 Å². The third-order valence-electron chi connectivity index (χ3n) is 1.39. The molecule has 0 atom stereocenters. The van der Waals surface area contributed by atoms with Gasteiger partial charge in [-0.15, -0.1) is 0 Å². The topological polar surface area (TPSA) is 33.1 Å². The molecule has 0 aliphatic carbocycles. The van der Waals surface area contributed by atoms with Gasteiger partial charge in [-0.3, -0.25) is 4.98 Å². The molecule has 1 rings (SSSR count). The Morgan fingerprint density at radius 1 is 1.46 bits per heavy atom. The fourth-order valence-electron chi connectivity index (χ4n) is 0.738. The van der Waals surface area contributed by atoms with Crippen LogP contribution in [0.3, 0.4) is 0 Å². The molecule has 0 saturated carbocycles. The largest absolute Gasteiger partial charge is 0.417 e. The van der Waals surface area contributed by atoms with Crippen molar-refractivity contribution in [2.75, 3.05) is 0 Å². The summed E-state index contributed by atoms with van der Waals surface area (Å²) in [7, 11) is 0. The van der Waals surface area contributed by atoms with Crippen LogP contribution in [-0.4, -0.2) is 10.1 Å². The predicted molar refractivity (Wildman–Crippen MR) is 47.9 cm³/mol. The highest BCUT2D eigenvalue weighted by Crippen LogP contribution is 2.29. The number of alkyl halides is 3. The molecular weight excluding hydrogens is 298 g/mol. The van der Waals surface area contributed by atoms with Gasteiger partial charge in [-0.2, -0.15) is 13.2 Å². The normalized spacial score (nSPS) is 11.8. The van der Waals surface area contributed by atoms with Gasteiger partial charge in [-0.1, -0.05) is 0 Å². The molecule has 1 aromatic heterocycles. The van der Waals surface area contributed by atoms with Crippen molar-refractivity contribution in [3.05, 3.63) is 27.1 Å². The van der Waals surface area contributed by atoms with Crippen LogP contribution >= 0.6 is 22.6 Å². The average Bonchev–Trinajstić information content (AvgIpc) is 2.02. The monoisotopic (exact) mass is 303 g/mol. The van der Waals surface area contributed by atoms with Crippen molar-refractivity contribution in [2.45, 2.75) is 12.8 Å². The van der Waals surface area contributed by atoms with E-state index in [1.54, 1.807) is 22.6 Å². The zero-order chi connectivity index (χ0) is 10.1. The van der Waals surface area contributed by atoms with Gasteiger partial charge in [0.05, 0.1) is 17.9 Å². The first-order chi connectivity index (χ1) is 5.95. The van der Waals surface area contributed by atoms with Gasteiger partial charge in [0.2, 0.25) is 0 Å². The molecule has 6 heteroatoms. The molecule has 0 aliphatic rings. The first kappa shape index (κ1) is 10.7. The van der Waals surface area contributed by atoms with Crippen molar-refractivity contribution < 1.29 is 18.3 Å². The lowest BCUT2D eigenvalue weighted by molar-refractivity contribution is -0.137. The Morgan fingerprint density at radius 2 is 2.08 bits per heavy atom. The SMILES string of the molecule is OCc1ncc(C(F)(F)F)cc1I. The quantitative estimate of drug-likeness (QED) is 0.807. The van der Waals surface area contributed by atoms with Crippen LogP contribution in [-0.2, 0) is 12.8 Å². The Bertz CT molecular complexity index is 313. The van der Waals surface area contributed by atoms with Gasteiger partial charge in [0, 0.05) is 9.77 Å². The minimum absolute atomic E-state index is 0.258. The van der Waals surface area contributed by atoms with E-state index >= 15 is 0 Å².